The largest absolute Gasteiger partial charge is 0.462 e. The summed E-state index contributed by atoms with van der Waals surface area (Å²) in [5.74, 6) is -0.947. The van der Waals surface area contributed by atoms with Crippen LogP contribution >= 0.6 is 0 Å². The Bertz CT molecular complexity index is 949. The van der Waals surface area contributed by atoms with Gasteiger partial charge in [-0.2, -0.15) is 0 Å². The standard InChI is InChI=1S/C47H82O6/c1-4-7-10-13-16-19-21-23-24-26-28-31-34-37-40-46(49)52-43-44(42-51-45(48)39-36-33-30-27-18-15-12-9-6-3)53-47(50)41-38-35-32-29-25-22-20-17-14-11-8-5-2/h7,10,16-17,19-20,27,30,44H,4-6,8-9,11-15,18,21-26,28-29,31-43H2,1-3H3/b10-7-,19-16-,20-17-,30-27-. The van der Waals surface area contributed by atoms with Crippen LogP contribution in [0.5, 0.6) is 0 Å². The molecule has 6 heteroatoms. The molecule has 0 bridgehead atoms. The molecule has 6 nitrogen and oxygen atoms in total. The van der Waals surface area contributed by atoms with Gasteiger partial charge in [-0.1, -0.05) is 153 Å². The van der Waals surface area contributed by atoms with Crippen LogP contribution in [0.25, 0.3) is 0 Å². The van der Waals surface area contributed by atoms with Crippen molar-refractivity contribution in [1.29, 1.82) is 0 Å². The van der Waals surface area contributed by atoms with E-state index in [1.807, 2.05) is 0 Å². The molecule has 0 heterocycles. The topological polar surface area (TPSA) is 78.9 Å². The predicted octanol–water partition coefficient (Wildman–Crippen LogP) is 14.0. The molecule has 0 radical (unpaired) electrons. The van der Waals surface area contributed by atoms with Crippen molar-refractivity contribution >= 4 is 17.9 Å². The minimum Gasteiger partial charge on any atom is -0.462 e. The van der Waals surface area contributed by atoms with Gasteiger partial charge >= 0.3 is 17.9 Å². The summed E-state index contributed by atoms with van der Waals surface area (Å²) in [7, 11) is 0. The summed E-state index contributed by atoms with van der Waals surface area (Å²) in [5.41, 5.74) is 0. The SMILES string of the molecule is CC/C=C\C/C=C\CCCCCCCCCC(=O)OCC(COC(=O)CCC/C=C\CCCCCC)OC(=O)CCCCCCC/C=C\CCCCC. The second kappa shape index (κ2) is 42.1. The third-order valence-electron chi connectivity index (χ3n) is 9.29. The van der Waals surface area contributed by atoms with Crippen LogP contribution in [0, 0.1) is 0 Å². The molecule has 53 heavy (non-hydrogen) atoms. The number of carbonyl (C=O) groups is 3. The molecule has 306 valence electrons. The first-order chi connectivity index (χ1) is 26.0. The summed E-state index contributed by atoms with van der Waals surface area (Å²) < 4.78 is 16.6. The zero-order chi connectivity index (χ0) is 38.7. The minimum atomic E-state index is -0.787. The Balaban J connectivity index is 4.40. The fourth-order valence-corrected chi connectivity index (χ4v) is 5.95. The quantitative estimate of drug-likeness (QED) is 0.0270. The Kier molecular flexibility index (Phi) is 40.0. The molecule has 0 saturated carbocycles. The molecule has 0 N–H and O–H groups in total. The Labute approximate surface area is 327 Å². The molecular formula is C47H82O6. The molecule has 1 atom stereocenters. The van der Waals surface area contributed by atoms with Crippen LogP contribution in [0.15, 0.2) is 48.6 Å². The fourth-order valence-electron chi connectivity index (χ4n) is 5.95. The van der Waals surface area contributed by atoms with Crippen molar-refractivity contribution in [2.75, 3.05) is 13.2 Å². The van der Waals surface area contributed by atoms with Gasteiger partial charge in [0.2, 0.25) is 0 Å². The highest BCUT2D eigenvalue weighted by Gasteiger charge is 2.19. The van der Waals surface area contributed by atoms with Gasteiger partial charge in [0.15, 0.2) is 6.10 Å². The molecule has 0 rings (SSSR count). The first kappa shape index (κ1) is 50.4. The summed E-state index contributed by atoms with van der Waals surface area (Å²) in [6.45, 7) is 6.42. The van der Waals surface area contributed by atoms with Crippen LogP contribution in [0.1, 0.15) is 213 Å². The van der Waals surface area contributed by atoms with E-state index < -0.39 is 6.10 Å². The zero-order valence-electron chi connectivity index (χ0n) is 34.8. The van der Waals surface area contributed by atoms with Crippen molar-refractivity contribution in [1.82, 2.24) is 0 Å². The van der Waals surface area contributed by atoms with Crippen LogP contribution < -0.4 is 0 Å². The molecule has 0 aromatic rings. The first-order valence-electron chi connectivity index (χ1n) is 22.1. The molecule has 0 spiro atoms. The Hall–Kier alpha value is -2.63. The summed E-state index contributed by atoms with van der Waals surface area (Å²) in [5, 5.41) is 0. The molecule has 0 aromatic carbocycles. The van der Waals surface area contributed by atoms with E-state index in [1.54, 1.807) is 0 Å². The van der Waals surface area contributed by atoms with Gasteiger partial charge in [-0.3, -0.25) is 14.4 Å². The van der Waals surface area contributed by atoms with Crippen molar-refractivity contribution in [3.05, 3.63) is 48.6 Å². The van der Waals surface area contributed by atoms with Gasteiger partial charge in [0.25, 0.3) is 0 Å². The number of hydrogen-bond acceptors (Lipinski definition) is 6. The maximum atomic E-state index is 12.7. The number of esters is 3. The molecule has 1 unspecified atom stereocenters. The molecular weight excluding hydrogens is 661 g/mol. The van der Waals surface area contributed by atoms with E-state index in [4.69, 9.17) is 14.2 Å². The Morgan fingerprint density at radius 3 is 1.26 bits per heavy atom. The third-order valence-corrected chi connectivity index (χ3v) is 9.29. The van der Waals surface area contributed by atoms with E-state index in [9.17, 15) is 14.4 Å². The smallest absolute Gasteiger partial charge is 0.306 e. The van der Waals surface area contributed by atoms with Crippen LogP contribution in [0.2, 0.25) is 0 Å². The number of ether oxygens (including phenoxy) is 3. The van der Waals surface area contributed by atoms with Gasteiger partial charge in [0, 0.05) is 19.3 Å². The number of carbonyl (C=O) groups excluding carboxylic acids is 3. The van der Waals surface area contributed by atoms with Crippen molar-refractivity contribution < 1.29 is 28.6 Å². The Morgan fingerprint density at radius 1 is 0.396 bits per heavy atom. The molecule has 0 aliphatic carbocycles. The molecule has 0 aromatic heterocycles. The second-order valence-electron chi connectivity index (χ2n) is 14.6. The van der Waals surface area contributed by atoms with Crippen LogP contribution in [-0.4, -0.2) is 37.2 Å². The van der Waals surface area contributed by atoms with Crippen molar-refractivity contribution in [3.63, 3.8) is 0 Å². The van der Waals surface area contributed by atoms with E-state index >= 15 is 0 Å². The number of allylic oxidation sites excluding steroid dienone is 8. The van der Waals surface area contributed by atoms with Crippen LogP contribution in [0.4, 0.5) is 0 Å². The lowest BCUT2D eigenvalue weighted by molar-refractivity contribution is -0.167. The monoisotopic (exact) mass is 743 g/mol. The van der Waals surface area contributed by atoms with Gasteiger partial charge in [-0.15, -0.1) is 0 Å². The molecule has 0 saturated heterocycles. The predicted molar refractivity (Wildman–Crippen MR) is 224 cm³/mol. The number of unbranched alkanes of at least 4 members (excludes halogenated alkanes) is 20. The van der Waals surface area contributed by atoms with Crippen LogP contribution in [-0.2, 0) is 28.6 Å². The van der Waals surface area contributed by atoms with Gasteiger partial charge in [-0.25, -0.2) is 0 Å². The first-order valence-corrected chi connectivity index (χ1v) is 22.1. The van der Waals surface area contributed by atoms with E-state index in [2.05, 4.69) is 69.4 Å². The zero-order valence-corrected chi connectivity index (χ0v) is 34.8. The average Bonchev–Trinajstić information content (AvgIpc) is 3.15. The van der Waals surface area contributed by atoms with E-state index in [1.165, 1.54) is 83.5 Å². The molecule has 0 aliphatic heterocycles. The normalized spacial score (nSPS) is 12.4. The summed E-state index contributed by atoms with van der Waals surface area (Å²) in [6, 6.07) is 0. The van der Waals surface area contributed by atoms with Crippen molar-refractivity contribution in [2.45, 2.75) is 219 Å². The van der Waals surface area contributed by atoms with Gasteiger partial charge < -0.3 is 14.2 Å². The maximum Gasteiger partial charge on any atom is 0.306 e. The molecule has 0 aliphatic rings. The molecule has 0 amide bonds. The maximum absolute atomic E-state index is 12.7. The van der Waals surface area contributed by atoms with E-state index in [-0.39, 0.29) is 31.1 Å². The van der Waals surface area contributed by atoms with E-state index in [0.717, 1.165) is 83.5 Å². The average molecular weight is 743 g/mol. The number of hydrogen-bond donors (Lipinski definition) is 0. The lowest BCUT2D eigenvalue weighted by Crippen LogP contribution is -2.30. The fraction of sp³-hybridized carbons (Fsp3) is 0.766. The second-order valence-corrected chi connectivity index (χ2v) is 14.6. The molecule has 0 fully saturated rings. The van der Waals surface area contributed by atoms with E-state index in [0.29, 0.717) is 25.7 Å². The lowest BCUT2D eigenvalue weighted by atomic mass is 10.1. The Morgan fingerprint density at radius 2 is 0.755 bits per heavy atom. The van der Waals surface area contributed by atoms with Gasteiger partial charge in [0.1, 0.15) is 13.2 Å². The van der Waals surface area contributed by atoms with Crippen LogP contribution in [0.3, 0.4) is 0 Å². The van der Waals surface area contributed by atoms with Crippen molar-refractivity contribution in [3.8, 4) is 0 Å². The van der Waals surface area contributed by atoms with Crippen molar-refractivity contribution in [2.24, 2.45) is 0 Å². The van der Waals surface area contributed by atoms with Gasteiger partial charge in [-0.05, 0) is 89.9 Å². The highest BCUT2D eigenvalue weighted by Crippen LogP contribution is 2.13. The van der Waals surface area contributed by atoms with Gasteiger partial charge in [0.05, 0.1) is 0 Å². The minimum absolute atomic E-state index is 0.0894. The lowest BCUT2D eigenvalue weighted by Gasteiger charge is -2.18. The summed E-state index contributed by atoms with van der Waals surface area (Å²) in [6.07, 6.45) is 48.1. The highest BCUT2D eigenvalue weighted by atomic mass is 16.6. The highest BCUT2D eigenvalue weighted by molar-refractivity contribution is 5.71. The summed E-state index contributed by atoms with van der Waals surface area (Å²) >= 11 is 0. The summed E-state index contributed by atoms with van der Waals surface area (Å²) in [4.78, 5) is 37.6. The number of rotatable bonds is 39. The third kappa shape index (κ3) is 40.4.